The van der Waals surface area contributed by atoms with E-state index in [0.717, 1.165) is 36.1 Å². The predicted octanol–water partition coefficient (Wildman–Crippen LogP) is 2.15. The fourth-order valence-corrected chi connectivity index (χ4v) is 2.85. The van der Waals surface area contributed by atoms with Gasteiger partial charge in [0.1, 0.15) is 12.1 Å². The number of benzene rings is 1. The summed E-state index contributed by atoms with van der Waals surface area (Å²) >= 11 is 0. The van der Waals surface area contributed by atoms with Gasteiger partial charge in [0, 0.05) is 19.0 Å². The summed E-state index contributed by atoms with van der Waals surface area (Å²) < 4.78 is 0. The number of aliphatic hydroxyl groups excluding tert-OH is 1. The van der Waals surface area contributed by atoms with Crippen LogP contribution in [-0.4, -0.2) is 34.8 Å². The number of hydrogen-bond donors (Lipinski definition) is 1. The summed E-state index contributed by atoms with van der Waals surface area (Å²) in [4.78, 5) is 11.0. The van der Waals surface area contributed by atoms with E-state index in [2.05, 4.69) is 41.0 Å². The van der Waals surface area contributed by atoms with Crippen molar-refractivity contribution in [2.75, 3.05) is 18.5 Å². The second-order valence-corrected chi connectivity index (χ2v) is 5.54. The Labute approximate surface area is 113 Å². The summed E-state index contributed by atoms with van der Waals surface area (Å²) in [6, 6.07) is 6.19. The Morgan fingerprint density at radius 1 is 1.32 bits per heavy atom. The Bertz CT molecular complexity index is 593. The van der Waals surface area contributed by atoms with Gasteiger partial charge < -0.3 is 10.0 Å². The van der Waals surface area contributed by atoms with Crippen molar-refractivity contribution in [1.82, 2.24) is 9.97 Å². The van der Waals surface area contributed by atoms with E-state index in [1.165, 1.54) is 5.56 Å². The third kappa shape index (κ3) is 2.28. The first-order chi connectivity index (χ1) is 9.15. The zero-order valence-electron chi connectivity index (χ0n) is 11.4. The Morgan fingerprint density at radius 3 is 2.84 bits per heavy atom. The Hall–Kier alpha value is -1.68. The molecule has 1 aromatic heterocycles. The third-order valence-corrected chi connectivity index (χ3v) is 3.95. The number of aryl methyl sites for hydroxylation is 1. The second kappa shape index (κ2) is 4.78. The number of aromatic nitrogens is 2. The average molecular weight is 257 g/mol. The minimum atomic E-state index is -0.0946. The molecule has 4 heteroatoms. The third-order valence-electron chi connectivity index (χ3n) is 3.95. The number of aliphatic hydroxyl groups is 1. The van der Waals surface area contributed by atoms with E-state index >= 15 is 0 Å². The molecule has 0 aliphatic heterocycles. The van der Waals surface area contributed by atoms with Gasteiger partial charge in [-0.1, -0.05) is 12.1 Å². The van der Waals surface area contributed by atoms with Crippen LogP contribution in [0.15, 0.2) is 24.5 Å². The highest BCUT2D eigenvalue weighted by molar-refractivity contribution is 5.91. The minimum absolute atomic E-state index is 0.0946. The van der Waals surface area contributed by atoms with Gasteiger partial charge in [-0.05, 0) is 37.3 Å². The average Bonchev–Trinajstić information content (AvgIpc) is 2.37. The first kappa shape index (κ1) is 12.4. The van der Waals surface area contributed by atoms with E-state index in [-0.39, 0.29) is 6.10 Å². The fourth-order valence-electron chi connectivity index (χ4n) is 2.85. The summed E-state index contributed by atoms with van der Waals surface area (Å²) in [6.45, 7) is 3.01. The first-order valence-electron chi connectivity index (χ1n) is 6.74. The normalized spacial score (nSPS) is 22.3. The van der Waals surface area contributed by atoms with Crippen LogP contribution in [0, 0.1) is 12.8 Å². The maximum absolute atomic E-state index is 9.37. The monoisotopic (exact) mass is 257 g/mol. The molecule has 0 radical (unpaired) electrons. The molecule has 0 amide bonds. The molecule has 1 saturated carbocycles. The molecule has 1 aliphatic carbocycles. The standard InChI is InChI=1S/C15H19N3O/c1-10-4-3-5-13-14(10)16-9-17-15(13)18(2)8-11-6-12(19)7-11/h3-5,9,11-12,19H,6-8H2,1-2H3. The molecule has 0 unspecified atom stereocenters. The largest absolute Gasteiger partial charge is 0.393 e. The lowest BCUT2D eigenvalue weighted by atomic mass is 9.82. The SMILES string of the molecule is Cc1cccc2c(N(C)CC3CC(O)C3)ncnc12. The van der Waals surface area contributed by atoms with E-state index < -0.39 is 0 Å². The van der Waals surface area contributed by atoms with Crippen LogP contribution in [0.4, 0.5) is 5.82 Å². The zero-order chi connectivity index (χ0) is 13.4. The lowest BCUT2D eigenvalue weighted by Gasteiger charge is -2.35. The predicted molar refractivity (Wildman–Crippen MR) is 76.3 cm³/mol. The first-order valence-corrected chi connectivity index (χ1v) is 6.74. The highest BCUT2D eigenvalue weighted by atomic mass is 16.3. The van der Waals surface area contributed by atoms with Crippen molar-refractivity contribution in [3.05, 3.63) is 30.1 Å². The molecule has 2 aromatic rings. The van der Waals surface area contributed by atoms with Gasteiger partial charge in [0.2, 0.25) is 0 Å². The summed E-state index contributed by atoms with van der Waals surface area (Å²) in [7, 11) is 2.06. The maximum atomic E-state index is 9.37. The van der Waals surface area contributed by atoms with Gasteiger partial charge in [0.25, 0.3) is 0 Å². The molecule has 3 rings (SSSR count). The lowest BCUT2D eigenvalue weighted by Crippen LogP contribution is -2.37. The van der Waals surface area contributed by atoms with Crippen molar-refractivity contribution in [3.63, 3.8) is 0 Å². The van der Waals surface area contributed by atoms with E-state index in [1.807, 2.05) is 6.07 Å². The van der Waals surface area contributed by atoms with Crippen molar-refractivity contribution in [3.8, 4) is 0 Å². The highest BCUT2D eigenvalue weighted by Gasteiger charge is 2.28. The van der Waals surface area contributed by atoms with Crippen molar-refractivity contribution >= 4 is 16.7 Å². The van der Waals surface area contributed by atoms with Gasteiger partial charge >= 0.3 is 0 Å². The molecule has 0 saturated heterocycles. The topological polar surface area (TPSA) is 49.2 Å². The molecule has 1 aliphatic rings. The van der Waals surface area contributed by atoms with Crippen molar-refractivity contribution in [1.29, 1.82) is 0 Å². The minimum Gasteiger partial charge on any atom is -0.393 e. The molecule has 4 nitrogen and oxygen atoms in total. The fraction of sp³-hybridized carbons (Fsp3) is 0.467. The van der Waals surface area contributed by atoms with Crippen LogP contribution in [0.3, 0.4) is 0 Å². The van der Waals surface area contributed by atoms with E-state index in [0.29, 0.717) is 5.92 Å². The summed E-state index contributed by atoms with van der Waals surface area (Å²) in [5, 5.41) is 10.5. The Morgan fingerprint density at radius 2 is 2.11 bits per heavy atom. The number of hydrogen-bond acceptors (Lipinski definition) is 4. The summed E-state index contributed by atoms with van der Waals surface area (Å²) in [6.07, 6.45) is 3.36. The van der Waals surface area contributed by atoms with Crippen LogP contribution in [0.25, 0.3) is 10.9 Å². The molecule has 19 heavy (non-hydrogen) atoms. The van der Waals surface area contributed by atoms with Gasteiger partial charge in [0.15, 0.2) is 0 Å². The lowest BCUT2D eigenvalue weighted by molar-refractivity contribution is 0.0464. The van der Waals surface area contributed by atoms with E-state index in [4.69, 9.17) is 0 Å². The number of anilines is 1. The number of fused-ring (bicyclic) bond motifs is 1. The van der Waals surface area contributed by atoms with Crippen molar-refractivity contribution in [2.24, 2.45) is 5.92 Å². The van der Waals surface area contributed by atoms with Gasteiger partial charge in [-0.3, -0.25) is 0 Å². The Balaban J connectivity index is 1.89. The number of nitrogens with zero attached hydrogens (tertiary/aromatic N) is 3. The van der Waals surface area contributed by atoms with Gasteiger partial charge in [0.05, 0.1) is 11.6 Å². The van der Waals surface area contributed by atoms with Gasteiger partial charge in [-0.25, -0.2) is 9.97 Å². The molecule has 1 heterocycles. The van der Waals surface area contributed by atoms with Crippen LogP contribution in [-0.2, 0) is 0 Å². The van der Waals surface area contributed by atoms with Crippen molar-refractivity contribution in [2.45, 2.75) is 25.9 Å². The quantitative estimate of drug-likeness (QED) is 0.915. The molecule has 1 fully saturated rings. The molecule has 100 valence electrons. The zero-order valence-corrected chi connectivity index (χ0v) is 11.4. The van der Waals surface area contributed by atoms with Crippen LogP contribution in [0.2, 0.25) is 0 Å². The molecule has 1 aromatic carbocycles. The smallest absolute Gasteiger partial charge is 0.139 e. The Kier molecular flexibility index (Phi) is 3.11. The van der Waals surface area contributed by atoms with Crippen LogP contribution in [0.1, 0.15) is 18.4 Å². The van der Waals surface area contributed by atoms with Crippen LogP contribution >= 0.6 is 0 Å². The van der Waals surface area contributed by atoms with Crippen molar-refractivity contribution < 1.29 is 5.11 Å². The molecule has 0 atom stereocenters. The number of rotatable bonds is 3. The second-order valence-electron chi connectivity index (χ2n) is 5.54. The molecule has 0 bridgehead atoms. The molecule has 1 N–H and O–H groups in total. The van der Waals surface area contributed by atoms with Crippen LogP contribution < -0.4 is 4.90 Å². The molecular weight excluding hydrogens is 238 g/mol. The van der Waals surface area contributed by atoms with Gasteiger partial charge in [-0.2, -0.15) is 0 Å². The van der Waals surface area contributed by atoms with E-state index in [9.17, 15) is 5.11 Å². The molecule has 0 spiro atoms. The highest BCUT2D eigenvalue weighted by Crippen LogP contribution is 2.30. The summed E-state index contributed by atoms with van der Waals surface area (Å²) in [5.74, 6) is 1.56. The number of para-hydroxylation sites is 1. The molecular formula is C15H19N3O. The van der Waals surface area contributed by atoms with Gasteiger partial charge in [-0.15, -0.1) is 0 Å². The van der Waals surface area contributed by atoms with Crippen LogP contribution in [0.5, 0.6) is 0 Å². The maximum Gasteiger partial charge on any atom is 0.139 e. The van der Waals surface area contributed by atoms with E-state index in [1.54, 1.807) is 6.33 Å². The summed E-state index contributed by atoms with van der Waals surface area (Å²) in [5.41, 5.74) is 2.20.